The van der Waals surface area contributed by atoms with E-state index in [2.05, 4.69) is 50.6 Å². The van der Waals surface area contributed by atoms with Crippen LogP contribution >= 0.6 is 11.6 Å². The van der Waals surface area contributed by atoms with Crippen molar-refractivity contribution in [3.63, 3.8) is 0 Å². The molecule has 1 aromatic heterocycles. The van der Waals surface area contributed by atoms with Crippen molar-refractivity contribution >= 4 is 22.5 Å². The van der Waals surface area contributed by atoms with Crippen LogP contribution in [0.4, 0.5) is 0 Å². The van der Waals surface area contributed by atoms with Gasteiger partial charge in [-0.2, -0.15) is 0 Å². The van der Waals surface area contributed by atoms with E-state index in [0.717, 1.165) is 6.54 Å². The van der Waals surface area contributed by atoms with Crippen LogP contribution in [-0.2, 0) is 12.4 Å². The lowest BCUT2D eigenvalue weighted by Gasteiger charge is -2.13. The first-order valence-corrected chi connectivity index (χ1v) is 6.72. The van der Waals surface area contributed by atoms with Gasteiger partial charge in [-0.1, -0.05) is 19.9 Å². The van der Waals surface area contributed by atoms with Gasteiger partial charge in [0.05, 0.1) is 5.52 Å². The first-order valence-electron chi connectivity index (χ1n) is 6.18. The molecule has 1 aromatic carbocycles. The average molecular weight is 250 g/mol. The van der Waals surface area contributed by atoms with Gasteiger partial charge in [0.25, 0.3) is 0 Å². The second kappa shape index (κ2) is 4.73. The summed E-state index contributed by atoms with van der Waals surface area (Å²) in [6.45, 7) is 9.89. The Morgan fingerprint density at radius 3 is 2.53 bits per heavy atom. The summed E-state index contributed by atoms with van der Waals surface area (Å²) in [6, 6.07) is 4.45. The van der Waals surface area contributed by atoms with Crippen LogP contribution in [0, 0.1) is 19.8 Å². The molecule has 0 radical (unpaired) electrons. The van der Waals surface area contributed by atoms with Crippen molar-refractivity contribution in [2.24, 2.45) is 5.92 Å². The van der Waals surface area contributed by atoms with Gasteiger partial charge in [0, 0.05) is 24.0 Å². The Morgan fingerprint density at radius 1 is 1.24 bits per heavy atom. The minimum Gasteiger partial charge on any atom is -0.347 e. The summed E-state index contributed by atoms with van der Waals surface area (Å²) in [5, 5.41) is 1.32. The molecule has 1 nitrogen and oxygen atoms in total. The second-order valence-corrected chi connectivity index (χ2v) is 5.51. The SMILES string of the molecule is Cc1cc(C)c2c(ccn2CC(C)C)c1CCl. The number of rotatable bonds is 3. The number of hydrogen-bond donors (Lipinski definition) is 0. The van der Waals surface area contributed by atoms with Crippen molar-refractivity contribution in [1.29, 1.82) is 0 Å². The number of fused-ring (bicyclic) bond motifs is 1. The third kappa shape index (κ3) is 2.21. The van der Waals surface area contributed by atoms with Crippen LogP contribution in [0.2, 0.25) is 0 Å². The Labute approximate surface area is 108 Å². The van der Waals surface area contributed by atoms with Gasteiger partial charge >= 0.3 is 0 Å². The molecule has 1 heterocycles. The zero-order valence-electron chi connectivity index (χ0n) is 11.0. The molecular formula is C15H20ClN. The van der Waals surface area contributed by atoms with Crippen LogP contribution in [0.5, 0.6) is 0 Å². The second-order valence-electron chi connectivity index (χ2n) is 5.25. The molecule has 0 bridgehead atoms. The van der Waals surface area contributed by atoms with E-state index in [4.69, 9.17) is 11.6 Å². The highest BCUT2D eigenvalue weighted by Gasteiger charge is 2.11. The molecule has 2 heteroatoms. The number of benzene rings is 1. The Balaban J connectivity index is 2.68. The number of halogens is 1. The Morgan fingerprint density at radius 2 is 1.94 bits per heavy atom. The highest BCUT2D eigenvalue weighted by atomic mass is 35.5. The third-order valence-corrected chi connectivity index (χ3v) is 3.53. The smallest absolute Gasteiger partial charge is 0.0513 e. The van der Waals surface area contributed by atoms with Crippen molar-refractivity contribution in [3.8, 4) is 0 Å². The van der Waals surface area contributed by atoms with Crippen molar-refractivity contribution in [3.05, 3.63) is 35.0 Å². The van der Waals surface area contributed by atoms with Gasteiger partial charge < -0.3 is 4.57 Å². The number of nitrogens with zero attached hydrogens (tertiary/aromatic N) is 1. The monoisotopic (exact) mass is 249 g/mol. The average Bonchev–Trinajstić information content (AvgIpc) is 2.61. The third-order valence-electron chi connectivity index (χ3n) is 3.27. The molecular weight excluding hydrogens is 230 g/mol. The molecule has 2 aromatic rings. The number of hydrogen-bond acceptors (Lipinski definition) is 0. The zero-order valence-corrected chi connectivity index (χ0v) is 11.8. The summed E-state index contributed by atoms with van der Waals surface area (Å²) in [4.78, 5) is 0. The predicted octanol–water partition coefficient (Wildman–Crippen LogP) is 4.65. The van der Waals surface area contributed by atoms with E-state index in [1.807, 2.05) is 0 Å². The zero-order chi connectivity index (χ0) is 12.6. The number of aromatic nitrogens is 1. The summed E-state index contributed by atoms with van der Waals surface area (Å²) in [7, 11) is 0. The molecule has 17 heavy (non-hydrogen) atoms. The summed E-state index contributed by atoms with van der Waals surface area (Å²) in [6.07, 6.45) is 2.19. The molecule has 92 valence electrons. The van der Waals surface area contributed by atoms with E-state index < -0.39 is 0 Å². The maximum Gasteiger partial charge on any atom is 0.0513 e. The fraction of sp³-hybridized carbons (Fsp3) is 0.467. The van der Waals surface area contributed by atoms with Crippen LogP contribution in [0.3, 0.4) is 0 Å². The van der Waals surface area contributed by atoms with Gasteiger partial charge in [-0.05, 0) is 42.5 Å². The molecule has 0 unspecified atom stereocenters. The molecule has 0 aliphatic heterocycles. The molecule has 0 saturated heterocycles. The maximum absolute atomic E-state index is 6.07. The van der Waals surface area contributed by atoms with Gasteiger partial charge in [-0.3, -0.25) is 0 Å². The minimum atomic E-state index is 0.592. The van der Waals surface area contributed by atoms with Crippen LogP contribution < -0.4 is 0 Å². The van der Waals surface area contributed by atoms with Gasteiger partial charge in [-0.25, -0.2) is 0 Å². The Bertz CT molecular complexity index is 537. The molecule has 2 rings (SSSR count). The molecule has 0 aliphatic rings. The molecule has 0 aliphatic carbocycles. The molecule has 0 fully saturated rings. The normalized spacial score (nSPS) is 11.6. The van der Waals surface area contributed by atoms with Crippen LogP contribution in [0.25, 0.3) is 10.9 Å². The van der Waals surface area contributed by atoms with Crippen LogP contribution in [-0.4, -0.2) is 4.57 Å². The highest BCUT2D eigenvalue weighted by molar-refractivity contribution is 6.18. The summed E-state index contributed by atoms with van der Waals surface area (Å²) < 4.78 is 2.35. The van der Waals surface area contributed by atoms with Gasteiger partial charge in [0.2, 0.25) is 0 Å². The lowest BCUT2D eigenvalue weighted by atomic mass is 10.0. The molecule has 0 N–H and O–H groups in total. The molecule has 0 amide bonds. The van der Waals surface area contributed by atoms with Crippen molar-refractivity contribution in [1.82, 2.24) is 4.57 Å². The molecule has 0 atom stereocenters. The Hall–Kier alpha value is -0.950. The molecule has 0 saturated carbocycles. The van der Waals surface area contributed by atoms with Crippen molar-refractivity contribution in [2.45, 2.75) is 40.1 Å². The Kier molecular flexibility index (Phi) is 3.48. The van der Waals surface area contributed by atoms with Crippen molar-refractivity contribution in [2.75, 3.05) is 0 Å². The predicted molar refractivity (Wildman–Crippen MR) is 75.8 cm³/mol. The lowest BCUT2D eigenvalue weighted by Crippen LogP contribution is -2.04. The van der Waals surface area contributed by atoms with Crippen molar-refractivity contribution < 1.29 is 0 Å². The summed E-state index contributed by atoms with van der Waals surface area (Å²) >= 11 is 6.07. The number of aryl methyl sites for hydroxylation is 2. The fourth-order valence-electron chi connectivity index (χ4n) is 2.57. The first kappa shape index (κ1) is 12.5. The van der Waals surface area contributed by atoms with E-state index >= 15 is 0 Å². The van der Waals surface area contributed by atoms with E-state index in [0.29, 0.717) is 11.8 Å². The van der Waals surface area contributed by atoms with Gasteiger partial charge in [-0.15, -0.1) is 11.6 Å². The largest absolute Gasteiger partial charge is 0.347 e. The van der Waals surface area contributed by atoms with E-state index in [-0.39, 0.29) is 0 Å². The lowest BCUT2D eigenvalue weighted by molar-refractivity contribution is 0.535. The van der Waals surface area contributed by atoms with Crippen LogP contribution in [0.1, 0.15) is 30.5 Å². The summed E-state index contributed by atoms with van der Waals surface area (Å²) in [5.41, 5.74) is 5.26. The van der Waals surface area contributed by atoms with E-state index in [9.17, 15) is 0 Å². The topological polar surface area (TPSA) is 4.93 Å². The summed E-state index contributed by atoms with van der Waals surface area (Å²) in [5.74, 6) is 1.25. The van der Waals surface area contributed by atoms with E-state index in [1.54, 1.807) is 0 Å². The number of alkyl halides is 1. The standard InChI is InChI=1S/C15H20ClN/c1-10(2)9-17-6-5-13-14(8-16)11(3)7-12(4)15(13)17/h5-7,10H,8-9H2,1-4H3. The maximum atomic E-state index is 6.07. The fourth-order valence-corrected chi connectivity index (χ4v) is 2.93. The van der Waals surface area contributed by atoms with E-state index in [1.165, 1.54) is 27.6 Å². The van der Waals surface area contributed by atoms with Gasteiger partial charge in [0.15, 0.2) is 0 Å². The van der Waals surface area contributed by atoms with Crippen LogP contribution in [0.15, 0.2) is 18.3 Å². The highest BCUT2D eigenvalue weighted by Crippen LogP contribution is 2.28. The minimum absolute atomic E-state index is 0.592. The van der Waals surface area contributed by atoms with Gasteiger partial charge in [0.1, 0.15) is 0 Å². The first-order chi connectivity index (χ1) is 8.04. The molecule has 0 spiro atoms. The quantitative estimate of drug-likeness (QED) is 0.698.